The monoisotopic (exact) mass is 440 g/mol. The second-order valence-corrected chi connectivity index (χ2v) is 7.62. The van der Waals surface area contributed by atoms with Gasteiger partial charge in [0.25, 0.3) is 0 Å². The van der Waals surface area contributed by atoms with E-state index in [4.69, 9.17) is 9.47 Å². The first-order valence-corrected chi connectivity index (χ1v) is 11.1. The average Bonchev–Trinajstić information content (AvgIpc) is 2.80. The van der Waals surface area contributed by atoms with Crippen LogP contribution in [0.25, 0.3) is 0 Å². The van der Waals surface area contributed by atoms with Gasteiger partial charge in [0.05, 0.1) is 19.7 Å². The van der Waals surface area contributed by atoms with E-state index >= 15 is 0 Å². The van der Waals surface area contributed by atoms with E-state index in [-0.39, 0.29) is 18.0 Å². The molecule has 1 fully saturated rings. The first kappa shape index (κ1) is 23.4. The van der Waals surface area contributed by atoms with E-state index in [9.17, 15) is 9.59 Å². The van der Waals surface area contributed by atoms with E-state index in [1.165, 1.54) is 0 Å². The average molecular weight is 441 g/mol. The lowest BCUT2D eigenvalue weighted by Gasteiger charge is -2.31. The molecule has 0 bridgehead atoms. The number of hydrogen-bond acceptors (Lipinski definition) is 5. The fraction of sp³-hybridized carbons (Fsp3) is 0.417. The third-order valence-corrected chi connectivity index (χ3v) is 5.14. The quantitative estimate of drug-likeness (QED) is 0.494. The van der Waals surface area contributed by atoms with Gasteiger partial charge in [0, 0.05) is 24.8 Å². The Morgan fingerprint density at radius 2 is 1.62 bits per heavy atom. The van der Waals surface area contributed by atoms with Crippen molar-refractivity contribution in [2.24, 2.45) is 0 Å². The largest absolute Gasteiger partial charge is 0.494 e. The highest BCUT2D eigenvalue weighted by atomic mass is 16.5. The molecule has 0 radical (unpaired) electrons. The molecule has 172 valence electrons. The number of hydrogen-bond donors (Lipinski definition) is 3. The van der Waals surface area contributed by atoms with Gasteiger partial charge in [0.1, 0.15) is 18.1 Å². The number of benzene rings is 2. The third kappa shape index (κ3) is 8.11. The van der Waals surface area contributed by atoms with Crippen LogP contribution in [0, 0.1) is 0 Å². The topological polar surface area (TPSA) is 91.9 Å². The smallest absolute Gasteiger partial charge is 0.315 e. The number of amides is 3. The Bertz CT molecular complexity index is 837. The summed E-state index contributed by atoms with van der Waals surface area (Å²) < 4.78 is 11.0. The van der Waals surface area contributed by atoms with Gasteiger partial charge in [-0.15, -0.1) is 0 Å². The second kappa shape index (κ2) is 12.6. The van der Waals surface area contributed by atoms with Crippen LogP contribution in [0.2, 0.25) is 0 Å². The van der Waals surface area contributed by atoms with Crippen LogP contribution in [0.5, 0.6) is 11.5 Å². The minimum absolute atomic E-state index is 0.0205. The molecule has 3 rings (SSSR count). The summed E-state index contributed by atoms with van der Waals surface area (Å²) in [5.74, 6) is 1.52. The molecule has 0 unspecified atom stereocenters. The standard InChI is InChI=1S/C24H32N4O4/c1-2-31-21-8-10-22(11-9-21)32-17-14-25-24(30)27-20-12-15-28(16-13-20)18-23(29)26-19-6-4-3-5-7-19/h3-11,20H,2,12-18H2,1H3,(H,26,29)(H2,25,27,30). The number of likely N-dealkylation sites (tertiary alicyclic amines) is 1. The van der Waals surface area contributed by atoms with Gasteiger partial charge < -0.3 is 25.4 Å². The molecule has 1 aliphatic heterocycles. The Morgan fingerprint density at radius 1 is 0.969 bits per heavy atom. The van der Waals surface area contributed by atoms with Crippen molar-refractivity contribution < 1.29 is 19.1 Å². The van der Waals surface area contributed by atoms with Gasteiger partial charge in [-0.05, 0) is 56.2 Å². The molecule has 8 heteroatoms. The zero-order valence-electron chi connectivity index (χ0n) is 18.5. The minimum Gasteiger partial charge on any atom is -0.494 e. The SMILES string of the molecule is CCOc1ccc(OCCNC(=O)NC2CCN(CC(=O)Nc3ccccc3)CC2)cc1. The number of ether oxygens (including phenoxy) is 2. The van der Waals surface area contributed by atoms with Gasteiger partial charge in [-0.1, -0.05) is 18.2 Å². The zero-order chi connectivity index (χ0) is 22.6. The fourth-order valence-corrected chi connectivity index (χ4v) is 3.53. The highest BCUT2D eigenvalue weighted by molar-refractivity contribution is 5.92. The zero-order valence-corrected chi connectivity index (χ0v) is 18.5. The molecule has 3 amide bonds. The normalized spacial score (nSPS) is 14.4. The summed E-state index contributed by atoms with van der Waals surface area (Å²) in [6, 6.07) is 16.8. The Hall–Kier alpha value is -3.26. The van der Waals surface area contributed by atoms with Gasteiger partial charge in [0.15, 0.2) is 0 Å². The number of carbonyl (C=O) groups is 2. The lowest BCUT2D eigenvalue weighted by Crippen LogP contribution is -2.49. The molecular formula is C24H32N4O4. The summed E-state index contributed by atoms with van der Waals surface area (Å²) in [5, 5.41) is 8.73. The summed E-state index contributed by atoms with van der Waals surface area (Å²) in [7, 11) is 0. The van der Waals surface area contributed by atoms with Crippen LogP contribution in [-0.2, 0) is 4.79 Å². The molecule has 2 aromatic carbocycles. The molecule has 0 aromatic heterocycles. The molecule has 32 heavy (non-hydrogen) atoms. The number of carbonyl (C=O) groups excluding carboxylic acids is 2. The lowest BCUT2D eigenvalue weighted by molar-refractivity contribution is -0.117. The van der Waals surface area contributed by atoms with Crippen LogP contribution in [0.4, 0.5) is 10.5 Å². The summed E-state index contributed by atoms with van der Waals surface area (Å²) >= 11 is 0. The number of urea groups is 1. The summed E-state index contributed by atoms with van der Waals surface area (Å²) in [5.41, 5.74) is 0.803. The van der Waals surface area contributed by atoms with E-state index < -0.39 is 0 Å². The maximum absolute atomic E-state index is 12.2. The van der Waals surface area contributed by atoms with Gasteiger partial charge in [-0.25, -0.2) is 4.79 Å². The number of nitrogens with zero attached hydrogens (tertiary/aromatic N) is 1. The van der Waals surface area contributed by atoms with Gasteiger partial charge >= 0.3 is 6.03 Å². The van der Waals surface area contributed by atoms with Crippen molar-refractivity contribution >= 4 is 17.6 Å². The van der Waals surface area contributed by atoms with Crippen molar-refractivity contribution in [3.05, 3.63) is 54.6 Å². The number of para-hydroxylation sites is 1. The highest BCUT2D eigenvalue weighted by Gasteiger charge is 2.22. The van der Waals surface area contributed by atoms with Crippen LogP contribution < -0.4 is 25.4 Å². The molecule has 1 aliphatic rings. The highest BCUT2D eigenvalue weighted by Crippen LogP contribution is 2.17. The first-order valence-electron chi connectivity index (χ1n) is 11.1. The predicted molar refractivity (Wildman–Crippen MR) is 124 cm³/mol. The lowest BCUT2D eigenvalue weighted by atomic mass is 10.1. The maximum atomic E-state index is 12.2. The third-order valence-electron chi connectivity index (χ3n) is 5.14. The van der Waals surface area contributed by atoms with Gasteiger partial charge in [0.2, 0.25) is 5.91 Å². The second-order valence-electron chi connectivity index (χ2n) is 7.62. The molecule has 8 nitrogen and oxygen atoms in total. The first-order chi connectivity index (χ1) is 15.6. The van der Waals surface area contributed by atoms with Gasteiger partial charge in [-0.3, -0.25) is 9.69 Å². The van der Waals surface area contributed by atoms with Crippen LogP contribution in [0.15, 0.2) is 54.6 Å². The number of anilines is 1. The van der Waals surface area contributed by atoms with E-state index in [1.54, 1.807) is 0 Å². The molecule has 0 spiro atoms. The van der Waals surface area contributed by atoms with E-state index in [0.717, 1.165) is 43.1 Å². The summed E-state index contributed by atoms with van der Waals surface area (Å²) in [6.07, 6.45) is 1.63. The molecule has 0 saturated carbocycles. The molecule has 0 aliphatic carbocycles. The molecule has 1 heterocycles. The Balaban J connectivity index is 1.26. The summed E-state index contributed by atoms with van der Waals surface area (Å²) in [6.45, 7) is 5.27. The van der Waals surface area contributed by atoms with Crippen molar-refractivity contribution in [3.63, 3.8) is 0 Å². The van der Waals surface area contributed by atoms with E-state index in [2.05, 4.69) is 20.9 Å². The van der Waals surface area contributed by atoms with Crippen molar-refractivity contribution in [1.82, 2.24) is 15.5 Å². The Labute approximate surface area is 189 Å². The predicted octanol–water partition coefficient (Wildman–Crippen LogP) is 2.87. The minimum atomic E-state index is -0.194. The van der Waals surface area contributed by atoms with Crippen molar-refractivity contribution in [3.8, 4) is 11.5 Å². The Morgan fingerprint density at radius 3 is 2.28 bits per heavy atom. The molecule has 2 aromatic rings. The molecule has 3 N–H and O–H groups in total. The molecule has 1 saturated heterocycles. The Kier molecular flexibility index (Phi) is 9.19. The summed E-state index contributed by atoms with van der Waals surface area (Å²) in [4.78, 5) is 26.4. The molecule has 0 atom stereocenters. The van der Waals surface area contributed by atoms with E-state index in [0.29, 0.717) is 26.3 Å². The van der Waals surface area contributed by atoms with Gasteiger partial charge in [-0.2, -0.15) is 0 Å². The van der Waals surface area contributed by atoms with Crippen LogP contribution in [-0.4, -0.2) is 62.3 Å². The fourth-order valence-electron chi connectivity index (χ4n) is 3.53. The van der Waals surface area contributed by atoms with Crippen LogP contribution in [0.3, 0.4) is 0 Å². The van der Waals surface area contributed by atoms with Crippen molar-refractivity contribution in [2.75, 3.05) is 44.7 Å². The van der Waals surface area contributed by atoms with Crippen molar-refractivity contribution in [1.29, 1.82) is 0 Å². The number of piperidine rings is 1. The number of nitrogens with one attached hydrogen (secondary N) is 3. The maximum Gasteiger partial charge on any atom is 0.315 e. The van der Waals surface area contributed by atoms with Crippen LogP contribution >= 0.6 is 0 Å². The van der Waals surface area contributed by atoms with E-state index in [1.807, 2.05) is 61.5 Å². The van der Waals surface area contributed by atoms with Crippen LogP contribution in [0.1, 0.15) is 19.8 Å². The van der Waals surface area contributed by atoms with Crippen molar-refractivity contribution in [2.45, 2.75) is 25.8 Å². The molecular weight excluding hydrogens is 408 g/mol. The number of rotatable bonds is 10.